The average molecular weight is 447 g/mol. The molecule has 9 heteroatoms. The van der Waals surface area contributed by atoms with Gasteiger partial charge in [0.15, 0.2) is 0 Å². The van der Waals surface area contributed by atoms with Gasteiger partial charge < -0.3 is 11.1 Å². The standard InChI is InChI=1S/C18H15Cl4N3O2/c19-11-6-12(20)16(22)17(15(11)21)24-14(26)8-25-7-10-4-2-1-3-9(10)5-13(25)18(23)27/h1-4,6,13H,5,7-8H2,(H2,23,27)(H,24,26)/t13-/m0/s1. The van der Waals surface area contributed by atoms with Gasteiger partial charge in [0.25, 0.3) is 0 Å². The molecular weight excluding hydrogens is 432 g/mol. The Labute approximate surface area is 176 Å². The fraction of sp³-hybridized carbons (Fsp3) is 0.222. The number of hydrogen-bond acceptors (Lipinski definition) is 3. The number of benzene rings is 2. The molecule has 0 bridgehead atoms. The molecule has 1 atom stereocenters. The van der Waals surface area contributed by atoms with Crippen LogP contribution in [0.3, 0.4) is 0 Å². The van der Waals surface area contributed by atoms with Gasteiger partial charge in [-0.15, -0.1) is 0 Å². The number of carbonyl (C=O) groups is 2. The van der Waals surface area contributed by atoms with Gasteiger partial charge in [-0.2, -0.15) is 0 Å². The van der Waals surface area contributed by atoms with Gasteiger partial charge in [0, 0.05) is 6.54 Å². The van der Waals surface area contributed by atoms with Crippen molar-refractivity contribution in [1.82, 2.24) is 4.90 Å². The first-order chi connectivity index (χ1) is 12.8. The lowest BCUT2D eigenvalue weighted by atomic mass is 9.93. The van der Waals surface area contributed by atoms with Crippen molar-refractivity contribution in [3.63, 3.8) is 0 Å². The highest BCUT2D eigenvalue weighted by atomic mass is 35.5. The number of rotatable bonds is 4. The monoisotopic (exact) mass is 445 g/mol. The molecule has 2 aromatic carbocycles. The minimum atomic E-state index is -0.584. The Kier molecular flexibility index (Phi) is 6.18. The van der Waals surface area contributed by atoms with Crippen LogP contribution in [0, 0.1) is 0 Å². The van der Waals surface area contributed by atoms with Crippen LogP contribution in [0.25, 0.3) is 0 Å². The number of halogens is 4. The Bertz CT molecular complexity index is 893. The van der Waals surface area contributed by atoms with E-state index in [-0.39, 0.29) is 32.3 Å². The summed E-state index contributed by atoms with van der Waals surface area (Å²) in [5, 5.41) is 3.15. The van der Waals surface area contributed by atoms with Gasteiger partial charge in [-0.25, -0.2) is 0 Å². The van der Waals surface area contributed by atoms with E-state index in [9.17, 15) is 9.59 Å². The van der Waals surface area contributed by atoms with Crippen LogP contribution in [0.15, 0.2) is 30.3 Å². The molecule has 0 spiro atoms. The Morgan fingerprint density at radius 3 is 2.26 bits per heavy atom. The summed E-state index contributed by atoms with van der Waals surface area (Å²) in [4.78, 5) is 26.2. The molecule has 0 aliphatic carbocycles. The predicted octanol–water partition coefficient (Wildman–Crippen LogP) is 4.15. The summed E-state index contributed by atoms with van der Waals surface area (Å²) in [6.07, 6.45) is 0.448. The zero-order valence-corrected chi connectivity index (χ0v) is 17.0. The predicted molar refractivity (Wildman–Crippen MR) is 109 cm³/mol. The van der Waals surface area contributed by atoms with Gasteiger partial charge in [-0.3, -0.25) is 14.5 Å². The second-order valence-electron chi connectivity index (χ2n) is 6.19. The van der Waals surface area contributed by atoms with Gasteiger partial charge in [0.1, 0.15) is 0 Å². The molecule has 1 heterocycles. The number of nitrogens with one attached hydrogen (secondary N) is 1. The van der Waals surface area contributed by atoms with E-state index in [1.165, 1.54) is 6.07 Å². The number of carbonyl (C=O) groups excluding carboxylic acids is 2. The van der Waals surface area contributed by atoms with E-state index in [0.29, 0.717) is 13.0 Å². The van der Waals surface area contributed by atoms with Crippen molar-refractivity contribution in [2.45, 2.75) is 19.0 Å². The minimum absolute atomic E-state index is 0.0707. The molecule has 1 aliphatic rings. The Hall–Kier alpha value is -1.50. The van der Waals surface area contributed by atoms with Gasteiger partial charge in [0.05, 0.1) is 38.4 Å². The molecule has 1 aliphatic heterocycles. The zero-order chi connectivity index (χ0) is 19.7. The topological polar surface area (TPSA) is 75.4 Å². The van der Waals surface area contributed by atoms with Gasteiger partial charge in [-0.1, -0.05) is 70.7 Å². The first kappa shape index (κ1) is 20.2. The van der Waals surface area contributed by atoms with E-state index >= 15 is 0 Å². The summed E-state index contributed by atoms with van der Waals surface area (Å²) in [7, 11) is 0. The van der Waals surface area contributed by atoms with Crippen molar-refractivity contribution < 1.29 is 9.59 Å². The summed E-state index contributed by atoms with van der Waals surface area (Å²) in [6, 6.07) is 8.55. The second-order valence-corrected chi connectivity index (χ2v) is 7.76. The third-order valence-electron chi connectivity index (χ3n) is 4.40. The minimum Gasteiger partial charge on any atom is -0.368 e. The van der Waals surface area contributed by atoms with E-state index in [1.54, 1.807) is 4.90 Å². The van der Waals surface area contributed by atoms with E-state index in [1.807, 2.05) is 24.3 Å². The normalized spacial score (nSPS) is 16.7. The molecule has 5 nitrogen and oxygen atoms in total. The van der Waals surface area contributed by atoms with Crippen LogP contribution >= 0.6 is 46.4 Å². The molecule has 0 saturated carbocycles. The molecule has 2 aromatic rings. The summed E-state index contributed by atoms with van der Waals surface area (Å²) < 4.78 is 0. The fourth-order valence-electron chi connectivity index (χ4n) is 3.07. The van der Waals surface area contributed by atoms with Crippen LogP contribution < -0.4 is 11.1 Å². The van der Waals surface area contributed by atoms with E-state index in [2.05, 4.69) is 5.32 Å². The second kappa shape index (κ2) is 8.25. The van der Waals surface area contributed by atoms with Crippen molar-refractivity contribution in [2.24, 2.45) is 5.73 Å². The number of amides is 2. The lowest BCUT2D eigenvalue weighted by molar-refractivity contribution is -0.125. The maximum absolute atomic E-state index is 12.6. The lowest BCUT2D eigenvalue weighted by Gasteiger charge is -2.34. The Balaban J connectivity index is 1.80. The maximum Gasteiger partial charge on any atom is 0.238 e. The molecule has 2 amide bonds. The SMILES string of the molecule is NC(=O)[C@@H]1Cc2ccccc2CN1CC(=O)Nc1c(Cl)c(Cl)cc(Cl)c1Cl. The summed E-state index contributed by atoms with van der Waals surface area (Å²) >= 11 is 24.2. The maximum atomic E-state index is 12.6. The first-order valence-electron chi connectivity index (χ1n) is 8.01. The molecule has 3 rings (SSSR count). The molecule has 27 heavy (non-hydrogen) atoms. The average Bonchev–Trinajstić information content (AvgIpc) is 2.63. The highest BCUT2D eigenvalue weighted by molar-refractivity contribution is 6.50. The van der Waals surface area contributed by atoms with Crippen molar-refractivity contribution in [1.29, 1.82) is 0 Å². The molecule has 0 radical (unpaired) electrons. The van der Waals surface area contributed by atoms with Crippen molar-refractivity contribution in [3.8, 4) is 0 Å². The lowest BCUT2D eigenvalue weighted by Crippen LogP contribution is -2.50. The van der Waals surface area contributed by atoms with Crippen molar-refractivity contribution >= 4 is 63.9 Å². The number of anilines is 1. The number of nitrogens with two attached hydrogens (primary N) is 1. The number of primary amides is 1. The molecule has 0 saturated heterocycles. The largest absolute Gasteiger partial charge is 0.368 e. The summed E-state index contributed by atoms with van der Waals surface area (Å²) in [5.74, 6) is -0.901. The van der Waals surface area contributed by atoms with Crippen LogP contribution in [0.2, 0.25) is 20.1 Å². The third-order valence-corrected chi connectivity index (χ3v) is 5.97. The van der Waals surface area contributed by atoms with Gasteiger partial charge in [-0.05, 0) is 23.6 Å². The first-order valence-corrected chi connectivity index (χ1v) is 9.52. The van der Waals surface area contributed by atoms with Crippen molar-refractivity contribution in [3.05, 3.63) is 61.5 Å². The fourth-order valence-corrected chi connectivity index (χ4v) is 3.97. The van der Waals surface area contributed by atoms with Gasteiger partial charge >= 0.3 is 0 Å². The van der Waals surface area contributed by atoms with E-state index in [0.717, 1.165) is 11.1 Å². The highest BCUT2D eigenvalue weighted by Crippen LogP contribution is 2.41. The van der Waals surface area contributed by atoms with Crippen LogP contribution in [0.1, 0.15) is 11.1 Å². The number of fused-ring (bicyclic) bond motifs is 1. The number of nitrogens with zero attached hydrogens (tertiary/aromatic N) is 1. The zero-order valence-electron chi connectivity index (χ0n) is 13.9. The smallest absolute Gasteiger partial charge is 0.238 e. The van der Waals surface area contributed by atoms with Crippen LogP contribution in [0.4, 0.5) is 5.69 Å². The highest BCUT2D eigenvalue weighted by Gasteiger charge is 2.31. The molecular formula is C18H15Cl4N3O2. The van der Waals surface area contributed by atoms with Crippen LogP contribution in [-0.2, 0) is 22.6 Å². The third kappa shape index (κ3) is 4.33. The van der Waals surface area contributed by atoms with Crippen LogP contribution in [-0.4, -0.2) is 29.3 Å². The van der Waals surface area contributed by atoms with Gasteiger partial charge in [0.2, 0.25) is 11.8 Å². The molecule has 0 unspecified atom stereocenters. The quantitative estimate of drug-likeness (QED) is 0.692. The molecule has 3 N–H and O–H groups in total. The number of hydrogen-bond donors (Lipinski definition) is 2. The molecule has 0 aromatic heterocycles. The molecule has 142 valence electrons. The van der Waals surface area contributed by atoms with Crippen molar-refractivity contribution in [2.75, 3.05) is 11.9 Å². The van der Waals surface area contributed by atoms with Crippen LogP contribution in [0.5, 0.6) is 0 Å². The molecule has 0 fully saturated rings. The summed E-state index contributed by atoms with van der Waals surface area (Å²) in [6.45, 7) is 0.355. The van der Waals surface area contributed by atoms with E-state index < -0.39 is 17.9 Å². The summed E-state index contributed by atoms with van der Waals surface area (Å²) in [5.41, 5.74) is 7.77. The Morgan fingerprint density at radius 1 is 1.07 bits per heavy atom. The van der Waals surface area contributed by atoms with E-state index in [4.69, 9.17) is 52.1 Å². The Morgan fingerprint density at radius 2 is 1.67 bits per heavy atom.